The van der Waals surface area contributed by atoms with Crippen molar-refractivity contribution in [1.29, 1.82) is 0 Å². The molecule has 4 nitrogen and oxygen atoms in total. The van der Waals surface area contributed by atoms with Crippen LogP contribution in [0, 0.1) is 0 Å². The molecule has 0 fully saturated rings. The smallest absolute Gasteiger partial charge is 0.458 e. The Morgan fingerprint density at radius 3 is 1.96 bits per heavy atom. The molecular formula is C16H10F5NO3. The van der Waals surface area contributed by atoms with E-state index in [1.165, 1.54) is 24.3 Å². The molecule has 0 saturated carbocycles. The van der Waals surface area contributed by atoms with Gasteiger partial charge in [0.05, 0.1) is 11.3 Å². The third kappa shape index (κ3) is 3.76. The number of benzene rings is 2. The van der Waals surface area contributed by atoms with Crippen molar-refractivity contribution in [2.75, 3.05) is 5.32 Å². The van der Waals surface area contributed by atoms with Crippen molar-refractivity contribution in [3.63, 3.8) is 0 Å². The minimum absolute atomic E-state index is 0.0373. The zero-order valence-electron chi connectivity index (χ0n) is 12.3. The van der Waals surface area contributed by atoms with Crippen molar-refractivity contribution in [2.24, 2.45) is 0 Å². The highest BCUT2D eigenvalue weighted by Crippen LogP contribution is 2.43. The first-order chi connectivity index (χ1) is 11.5. The zero-order valence-corrected chi connectivity index (χ0v) is 12.3. The summed E-state index contributed by atoms with van der Waals surface area (Å²) < 4.78 is 63.3. The summed E-state index contributed by atoms with van der Waals surface area (Å²) in [6, 6.07) is 8.04. The van der Waals surface area contributed by atoms with Crippen LogP contribution >= 0.6 is 0 Å². The van der Waals surface area contributed by atoms with Gasteiger partial charge in [0.15, 0.2) is 0 Å². The van der Waals surface area contributed by atoms with Gasteiger partial charge in [-0.15, -0.1) is 0 Å². The number of carboxylic acid groups (broad SMARTS) is 1. The normalized spacial score (nSPS) is 11.9. The molecule has 1 amide bonds. The highest BCUT2D eigenvalue weighted by Gasteiger charge is 2.58. The second kappa shape index (κ2) is 6.50. The molecule has 0 atom stereocenters. The lowest BCUT2D eigenvalue weighted by atomic mass is 10.1. The van der Waals surface area contributed by atoms with E-state index in [-0.39, 0.29) is 16.8 Å². The van der Waals surface area contributed by atoms with Crippen molar-refractivity contribution in [1.82, 2.24) is 0 Å². The fraction of sp³-hybridized carbons (Fsp3) is 0.125. The van der Waals surface area contributed by atoms with E-state index < -0.39 is 29.5 Å². The Labute approximate surface area is 137 Å². The van der Waals surface area contributed by atoms with Crippen molar-refractivity contribution >= 4 is 17.6 Å². The predicted octanol–water partition coefficient (Wildman–Crippen LogP) is 4.29. The predicted molar refractivity (Wildman–Crippen MR) is 77.7 cm³/mol. The van der Waals surface area contributed by atoms with E-state index in [0.717, 1.165) is 12.1 Å². The number of para-hydroxylation sites is 1. The van der Waals surface area contributed by atoms with Gasteiger partial charge in [0.2, 0.25) is 0 Å². The van der Waals surface area contributed by atoms with Gasteiger partial charge in [-0.05, 0) is 24.3 Å². The Hall–Kier alpha value is -2.97. The molecule has 2 aromatic rings. The molecule has 0 radical (unpaired) electrons. The third-order valence-corrected chi connectivity index (χ3v) is 3.27. The van der Waals surface area contributed by atoms with Crippen LogP contribution in [0.1, 0.15) is 26.3 Å². The van der Waals surface area contributed by atoms with Crippen LogP contribution in [0.3, 0.4) is 0 Å². The van der Waals surface area contributed by atoms with Gasteiger partial charge in [-0.25, -0.2) is 4.79 Å². The number of carbonyl (C=O) groups excluding carboxylic acids is 1. The van der Waals surface area contributed by atoms with E-state index in [1.807, 2.05) is 0 Å². The number of halogens is 5. The molecule has 132 valence electrons. The molecule has 0 spiro atoms. The lowest BCUT2D eigenvalue weighted by molar-refractivity contribution is -0.289. The number of hydrogen-bond donors (Lipinski definition) is 2. The molecule has 0 bridgehead atoms. The average Bonchev–Trinajstić information content (AvgIpc) is 2.54. The van der Waals surface area contributed by atoms with Crippen LogP contribution in [0.5, 0.6) is 0 Å². The topological polar surface area (TPSA) is 66.4 Å². The Morgan fingerprint density at radius 2 is 1.44 bits per heavy atom. The summed E-state index contributed by atoms with van der Waals surface area (Å²) in [6.07, 6.45) is -5.75. The number of nitrogens with one attached hydrogen (secondary N) is 1. The van der Waals surface area contributed by atoms with Crippen LogP contribution in [-0.4, -0.2) is 23.2 Å². The number of carboxylic acids is 1. The number of alkyl halides is 5. The SMILES string of the molecule is O=C(Nc1ccccc1C(=O)O)c1ccc(C(F)(F)C(F)(F)F)cc1. The maximum absolute atomic E-state index is 13.2. The summed E-state index contributed by atoms with van der Waals surface area (Å²) in [7, 11) is 0. The minimum atomic E-state index is -5.75. The number of hydrogen-bond acceptors (Lipinski definition) is 2. The summed E-state index contributed by atoms with van der Waals surface area (Å²) in [5, 5.41) is 11.3. The van der Waals surface area contributed by atoms with Crippen LogP contribution in [0.2, 0.25) is 0 Å². The second-order valence-corrected chi connectivity index (χ2v) is 4.95. The van der Waals surface area contributed by atoms with Gasteiger partial charge in [0.25, 0.3) is 5.91 Å². The van der Waals surface area contributed by atoms with Crippen LogP contribution < -0.4 is 5.32 Å². The van der Waals surface area contributed by atoms with Gasteiger partial charge in [-0.2, -0.15) is 22.0 Å². The van der Waals surface area contributed by atoms with Crippen LogP contribution in [0.4, 0.5) is 27.6 Å². The van der Waals surface area contributed by atoms with E-state index in [0.29, 0.717) is 12.1 Å². The lowest BCUT2D eigenvalue weighted by Gasteiger charge is -2.19. The molecule has 0 aliphatic heterocycles. The Morgan fingerprint density at radius 1 is 0.880 bits per heavy atom. The molecule has 0 heterocycles. The van der Waals surface area contributed by atoms with Crippen molar-refractivity contribution in [2.45, 2.75) is 12.1 Å². The Balaban J connectivity index is 2.24. The van der Waals surface area contributed by atoms with E-state index in [9.17, 15) is 31.5 Å². The number of aromatic carboxylic acids is 1. The summed E-state index contributed by atoms with van der Waals surface area (Å²) >= 11 is 0. The molecule has 9 heteroatoms. The molecular weight excluding hydrogens is 349 g/mol. The first kappa shape index (κ1) is 18.4. The minimum Gasteiger partial charge on any atom is -0.478 e. The average molecular weight is 359 g/mol. The highest BCUT2D eigenvalue weighted by molar-refractivity contribution is 6.07. The number of anilines is 1. The monoisotopic (exact) mass is 359 g/mol. The molecule has 25 heavy (non-hydrogen) atoms. The molecule has 0 unspecified atom stereocenters. The maximum atomic E-state index is 13.2. The van der Waals surface area contributed by atoms with E-state index in [4.69, 9.17) is 5.11 Å². The largest absolute Gasteiger partial charge is 0.478 e. The molecule has 0 aliphatic rings. The molecule has 0 aliphatic carbocycles. The molecule has 2 aromatic carbocycles. The first-order valence-electron chi connectivity index (χ1n) is 6.73. The fourth-order valence-electron chi connectivity index (χ4n) is 1.97. The number of amides is 1. The summed E-state index contributed by atoms with van der Waals surface area (Å²) in [5.74, 6) is -7.19. The van der Waals surface area contributed by atoms with Gasteiger partial charge in [0, 0.05) is 11.1 Å². The first-order valence-corrected chi connectivity index (χ1v) is 6.73. The maximum Gasteiger partial charge on any atom is 0.458 e. The quantitative estimate of drug-likeness (QED) is 0.801. The molecule has 2 N–H and O–H groups in total. The van der Waals surface area contributed by atoms with Crippen LogP contribution in [0.25, 0.3) is 0 Å². The van der Waals surface area contributed by atoms with Crippen LogP contribution in [-0.2, 0) is 5.92 Å². The van der Waals surface area contributed by atoms with Gasteiger partial charge in [0.1, 0.15) is 0 Å². The Bertz CT molecular complexity index is 800. The summed E-state index contributed by atoms with van der Waals surface area (Å²) in [5.41, 5.74) is -1.75. The van der Waals surface area contributed by atoms with Gasteiger partial charge < -0.3 is 10.4 Å². The zero-order chi connectivity index (χ0) is 18.8. The number of carbonyl (C=O) groups is 2. The summed E-state index contributed by atoms with van der Waals surface area (Å²) in [4.78, 5) is 23.1. The van der Waals surface area contributed by atoms with Crippen molar-refractivity contribution in [3.8, 4) is 0 Å². The van der Waals surface area contributed by atoms with Crippen molar-refractivity contribution < 1.29 is 36.6 Å². The highest BCUT2D eigenvalue weighted by atomic mass is 19.4. The van der Waals surface area contributed by atoms with Gasteiger partial charge in [-0.1, -0.05) is 24.3 Å². The van der Waals surface area contributed by atoms with Gasteiger partial charge >= 0.3 is 18.1 Å². The van der Waals surface area contributed by atoms with Crippen molar-refractivity contribution in [3.05, 3.63) is 65.2 Å². The van der Waals surface area contributed by atoms with Crippen LogP contribution in [0.15, 0.2) is 48.5 Å². The van der Waals surface area contributed by atoms with E-state index in [1.54, 1.807) is 0 Å². The molecule has 2 rings (SSSR count). The molecule has 0 aromatic heterocycles. The number of rotatable bonds is 4. The molecule has 0 saturated heterocycles. The lowest BCUT2D eigenvalue weighted by Crippen LogP contribution is -2.33. The van der Waals surface area contributed by atoms with Gasteiger partial charge in [-0.3, -0.25) is 4.79 Å². The van der Waals surface area contributed by atoms with E-state index in [2.05, 4.69) is 5.32 Å². The third-order valence-electron chi connectivity index (χ3n) is 3.27. The standard InChI is InChI=1S/C16H10F5NO3/c17-15(18,16(19,20)21)10-7-5-9(6-8-10)13(23)22-12-4-2-1-3-11(12)14(24)25/h1-8H,(H,22,23)(H,24,25). The summed E-state index contributed by atoms with van der Waals surface area (Å²) in [6.45, 7) is 0. The fourth-order valence-corrected chi connectivity index (χ4v) is 1.97. The Kier molecular flexibility index (Phi) is 4.78. The van der Waals surface area contributed by atoms with E-state index >= 15 is 0 Å². The second-order valence-electron chi connectivity index (χ2n) is 4.95.